The Balaban J connectivity index is 2.85. The lowest BCUT2D eigenvalue weighted by Gasteiger charge is -2.02. The van der Waals surface area contributed by atoms with Gasteiger partial charge in [0.2, 0.25) is 0 Å². The molecule has 1 aromatic heterocycles. The van der Waals surface area contributed by atoms with Crippen LogP contribution in [0.3, 0.4) is 0 Å². The standard InChI is InChI=1S/C6H9N3OS2/c1-3(10)2-4-7-5(11)9-6(12)8-4/h3,10H,2H2,1H3,(H2,7,8,9,11,12). The van der Waals surface area contributed by atoms with E-state index in [9.17, 15) is 0 Å². The maximum Gasteiger partial charge on any atom is 0.188 e. The average molecular weight is 203 g/mol. The molecule has 0 aliphatic rings. The molecule has 1 atom stereocenters. The van der Waals surface area contributed by atoms with Crippen LogP contribution in [0.25, 0.3) is 0 Å². The fraction of sp³-hybridized carbons (Fsp3) is 0.500. The van der Waals surface area contributed by atoms with Crippen molar-refractivity contribution in [1.82, 2.24) is 15.0 Å². The number of hydrogen-bond acceptors (Lipinski definition) is 6. The minimum Gasteiger partial charge on any atom is -0.393 e. The van der Waals surface area contributed by atoms with Crippen LogP contribution >= 0.6 is 25.3 Å². The second-order valence-corrected chi connectivity index (χ2v) is 3.20. The molecule has 0 bridgehead atoms. The smallest absolute Gasteiger partial charge is 0.188 e. The number of aromatic nitrogens is 3. The third kappa shape index (κ3) is 2.96. The van der Waals surface area contributed by atoms with E-state index in [-0.39, 0.29) is 0 Å². The third-order valence-electron chi connectivity index (χ3n) is 1.14. The molecule has 1 rings (SSSR count). The quantitative estimate of drug-likeness (QED) is 0.608. The highest BCUT2D eigenvalue weighted by Gasteiger charge is 2.04. The minimum absolute atomic E-state index is 0.325. The van der Waals surface area contributed by atoms with E-state index in [4.69, 9.17) is 5.11 Å². The molecule has 0 aliphatic heterocycles. The Morgan fingerprint density at radius 2 is 1.75 bits per heavy atom. The molecular formula is C6H9N3OS2. The highest BCUT2D eigenvalue weighted by Crippen LogP contribution is 2.04. The molecule has 6 heteroatoms. The van der Waals surface area contributed by atoms with Gasteiger partial charge in [-0.05, 0) is 6.92 Å². The highest BCUT2D eigenvalue weighted by atomic mass is 32.1. The topological polar surface area (TPSA) is 58.9 Å². The van der Waals surface area contributed by atoms with Gasteiger partial charge in [-0.3, -0.25) is 0 Å². The maximum absolute atomic E-state index is 9.04. The van der Waals surface area contributed by atoms with Crippen molar-refractivity contribution < 1.29 is 5.11 Å². The van der Waals surface area contributed by atoms with Crippen molar-refractivity contribution in [2.45, 2.75) is 29.8 Å². The molecule has 0 radical (unpaired) electrons. The van der Waals surface area contributed by atoms with Crippen molar-refractivity contribution in [3.8, 4) is 0 Å². The predicted octanol–water partition coefficient (Wildman–Crippen LogP) is 0.372. The first-order chi connectivity index (χ1) is 5.58. The number of thiol groups is 2. The van der Waals surface area contributed by atoms with Gasteiger partial charge in [0.05, 0.1) is 6.10 Å². The van der Waals surface area contributed by atoms with Crippen LogP contribution in [0.4, 0.5) is 0 Å². The summed E-state index contributed by atoms with van der Waals surface area (Å²) in [5.74, 6) is 0.509. The Hall–Kier alpha value is -0.330. The predicted molar refractivity (Wildman–Crippen MR) is 49.7 cm³/mol. The van der Waals surface area contributed by atoms with Gasteiger partial charge in [-0.15, -0.1) is 25.3 Å². The highest BCUT2D eigenvalue weighted by molar-refractivity contribution is 7.80. The van der Waals surface area contributed by atoms with Crippen molar-refractivity contribution in [2.24, 2.45) is 0 Å². The van der Waals surface area contributed by atoms with Crippen LogP contribution < -0.4 is 0 Å². The number of nitrogens with zero attached hydrogens (tertiary/aromatic N) is 3. The molecular weight excluding hydrogens is 194 g/mol. The molecule has 0 saturated carbocycles. The minimum atomic E-state index is -0.465. The Kier molecular flexibility index (Phi) is 3.30. The lowest BCUT2D eigenvalue weighted by molar-refractivity contribution is 0.192. The van der Waals surface area contributed by atoms with Gasteiger partial charge in [0.1, 0.15) is 5.82 Å². The number of rotatable bonds is 2. The van der Waals surface area contributed by atoms with Crippen molar-refractivity contribution in [2.75, 3.05) is 0 Å². The Morgan fingerprint density at radius 1 is 1.25 bits per heavy atom. The van der Waals surface area contributed by atoms with Gasteiger partial charge >= 0.3 is 0 Å². The molecule has 0 amide bonds. The van der Waals surface area contributed by atoms with Gasteiger partial charge in [0.25, 0.3) is 0 Å². The molecule has 1 unspecified atom stereocenters. The summed E-state index contributed by atoms with van der Waals surface area (Å²) in [4.78, 5) is 11.6. The lowest BCUT2D eigenvalue weighted by Crippen LogP contribution is -2.09. The van der Waals surface area contributed by atoms with Crippen LogP contribution in [0.5, 0.6) is 0 Å². The van der Waals surface area contributed by atoms with E-state index in [0.29, 0.717) is 22.6 Å². The first-order valence-corrected chi connectivity index (χ1v) is 4.28. The third-order valence-corrected chi connectivity index (χ3v) is 1.54. The Morgan fingerprint density at radius 3 is 2.17 bits per heavy atom. The molecule has 1 aromatic rings. The number of aliphatic hydroxyl groups is 1. The summed E-state index contributed by atoms with van der Waals surface area (Å²) < 4.78 is 0. The molecule has 0 spiro atoms. The summed E-state index contributed by atoms with van der Waals surface area (Å²) in [6, 6.07) is 0. The summed E-state index contributed by atoms with van der Waals surface area (Å²) >= 11 is 7.91. The SMILES string of the molecule is CC(O)Cc1nc(S)nc(S)n1. The first kappa shape index (κ1) is 9.76. The van der Waals surface area contributed by atoms with E-state index in [1.165, 1.54) is 0 Å². The molecule has 1 N–H and O–H groups in total. The number of aliphatic hydroxyl groups excluding tert-OH is 1. The van der Waals surface area contributed by atoms with Gasteiger partial charge in [0.15, 0.2) is 10.3 Å². The second-order valence-electron chi connectivity index (χ2n) is 2.40. The van der Waals surface area contributed by atoms with E-state index >= 15 is 0 Å². The van der Waals surface area contributed by atoms with Crippen molar-refractivity contribution >= 4 is 25.3 Å². The normalized spacial score (nSPS) is 13.0. The van der Waals surface area contributed by atoms with Crippen LogP contribution in [0.2, 0.25) is 0 Å². The molecule has 66 valence electrons. The molecule has 0 fully saturated rings. The van der Waals surface area contributed by atoms with Crippen LogP contribution in [0, 0.1) is 0 Å². The zero-order valence-corrected chi connectivity index (χ0v) is 8.26. The fourth-order valence-corrected chi connectivity index (χ4v) is 1.25. The average Bonchev–Trinajstić information content (AvgIpc) is 1.81. The number of hydrogen-bond donors (Lipinski definition) is 3. The zero-order valence-electron chi connectivity index (χ0n) is 6.47. The van der Waals surface area contributed by atoms with Crippen molar-refractivity contribution in [1.29, 1.82) is 0 Å². The summed E-state index contributed by atoms with van der Waals surface area (Å²) in [5.41, 5.74) is 0. The van der Waals surface area contributed by atoms with Crippen LogP contribution in [0.1, 0.15) is 12.7 Å². The Labute approximate surface area is 81.3 Å². The van der Waals surface area contributed by atoms with Gasteiger partial charge in [0, 0.05) is 6.42 Å². The van der Waals surface area contributed by atoms with Crippen molar-refractivity contribution in [3.63, 3.8) is 0 Å². The molecule has 0 aliphatic carbocycles. The van der Waals surface area contributed by atoms with E-state index in [2.05, 4.69) is 40.2 Å². The Bertz CT molecular complexity index is 259. The maximum atomic E-state index is 9.04. The molecule has 0 saturated heterocycles. The largest absolute Gasteiger partial charge is 0.393 e. The molecule has 12 heavy (non-hydrogen) atoms. The van der Waals surface area contributed by atoms with Gasteiger partial charge in [-0.2, -0.15) is 4.98 Å². The van der Waals surface area contributed by atoms with Crippen LogP contribution in [-0.2, 0) is 6.42 Å². The molecule has 1 heterocycles. The zero-order chi connectivity index (χ0) is 9.14. The monoisotopic (exact) mass is 203 g/mol. The van der Waals surface area contributed by atoms with E-state index in [0.717, 1.165) is 0 Å². The van der Waals surface area contributed by atoms with E-state index in [1.54, 1.807) is 6.92 Å². The fourth-order valence-electron chi connectivity index (χ4n) is 0.751. The summed E-state index contributed by atoms with van der Waals surface area (Å²) in [6.07, 6.45) is -0.0724. The van der Waals surface area contributed by atoms with Crippen LogP contribution in [-0.4, -0.2) is 26.2 Å². The summed E-state index contributed by atoms with van der Waals surface area (Å²) in [6.45, 7) is 1.67. The van der Waals surface area contributed by atoms with E-state index < -0.39 is 6.10 Å². The summed E-state index contributed by atoms with van der Waals surface area (Å²) in [7, 11) is 0. The second kappa shape index (κ2) is 4.06. The molecule has 4 nitrogen and oxygen atoms in total. The van der Waals surface area contributed by atoms with Crippen molar-refractivity contribution in [3.05, 3.63) is 5.82 Å². The van der Waals surface area contributed by atoms with Gasteiger partial charge in [-0.25, -0.2) is 9.97 Å². The van der Waals surface area contributed by atoms with Gasteiger partial charge in [-0.1, -0.05) is 0 Å². The lowest BCUT2D eigenvalue weighted by atomic mass is 10.3. The van der Waals surface area contributed by atoms with Crippen LogP contribution in [0.15, 0.2) is 10.3 Å². The summed E-state index contributed by atoms with van der Waals surface area (Å²) in [5, 5.41) is 9.69. The van der Waals surface area contributed by atoms with Gasteiger partial charge < -0.3 is 5.11 Å². The first-order valence-electron chi connectivity index (χ1n) is 3.39. The molecule has 0 aromatic carbocycles. The van der Waals surface area contributed by atoms with E-state index in [1.807, 2.05) is 0 Å².